The Balaban J connectivity index is 1.86. The molecule has 0 saturated carbocycles. The van der Waals surface area contributed by atoms with Gasteiger partial charge in [0.05, 0.1) is 39.2 Å². The number of fused-ring (bicyclic) bond motifs is 1. The first-order chi connectivity index (χ1) is 14.8. The molecule has 0 bridgehead atoms. The van der Waals surface area contributed by atoms with Crippen molar-refractivity contribution in [2.75, 3.05) is 10.7 Å². The number of carbonyl (C=O) groups is 1. The fourth-order valence-electron chi connectivity index (χ4n) is 3.20. The van der Waals surface area contributed by atoms with Crippen LogP contribution in [0.1, 0.15) is 28.6 Å². The summed E-state index contributed by atoms with van der Waals surface area (Å²) >= 11 is 7.58. The van der Waals surface area contributed by atoms with Gasteiger partial charge in [0.2, 0.25) is 0 Å². The van der Waals surface area contributed by atoms with E-state index in [-0.39, 0.29) is 22.8 Å². The van der Waals surface area contributed by atoms with Crippen LogP contribution >= 0.6 is 22.9 Å². The number of aromatic nitrogens is 1. The van der Waals surface area contributed by atoms with E-state index in [0.29, 0.717) is 21.4 Å². The molecule has 4 rings (SSSR count). The zero-order valence-electron chi connectivity index (χ0n) is 16.8. The molecule has 6 nitrogen and oxygen atoms in total. The Labute approximate surface area is 189 Å². The molecule has 0 saturated heterocycles. The van der Waals surface area contributed by atoms with Crippen molar-refractivity contribution < 1.29 is 17.6 Å². The summed E-state index contributed by atoms with van der Waals surface area (Å²) in [5.74, 6) is -0.0149. The van der Waals surface area contributed by atoms with Gasteiger partial charge in [-0.3, -0.25) is 9.69 Å². The second-order valence-electron chi connectivity index (χ2n) is 6.89. The Morgan fingerprint density at radius 1 is 1.16 bits per heavy atom. The van der Waals surface area contributed by atoms with E-state index in [1.165, 1.54) is 34.6 Å². The van der Waals surface area contributed by atoms with Crippen molar-refractivity contribution in [3.63, 3.8) is 0 Å². The van der Waals surface area contributed by atoms with E-state index in [0.717, 1.165) is 10.3 Å². The molecular weight excluding hydrogens is 456 g/mol. The number of sulfone groups is 1. The van der Waals surface area contributed by atoms with Gasteiger partial charge in [0, 0.05) is 5.02 Å². The van der Waals surface area contributed by atoms with Gasteiger partial charge in [-0.05, 0) is 48.9 Å². The van der Waals surface area contributed by atoms with Crippen LogP contribution in [0.3, 0.4) is 0 Å². The number of amides is 1. The molecule has 2 aromatic carbocycles. The molecular formula is C22H19ClN2O4S2. The van der Waals surface area contributed by atoms with Gasteiger partial charge in [0.15, 0.2) is 15.0 Å². The molecule has 4 aromatic rings. The van der Waals surface area contributed by atoms with E-state index in [9.17, 15) is 13.2 Å². The quantitative estimate of drug-likeness (QED) is 0.369. The zero-order chi connectivity index (χ0) is 22.2. The summed E-state index contributed by atoms with van der Waals surface area (Å²) in [6.07, 6.45) is 1.52. The normalized spacial score (nSPS) is 11.7. The number of aryl methyl sites for hydroxylation is 1. The fourth-order valence-corrected chi connectivity index (χ4v) is 5.47. The molecule has 2 heterocycles. The molecule has 0 aliphatic heterocycles. The SMILES string of the molecule is CCS(=O)(=O)c1ccccc1C(=O)N(Cc1ccco1)c1nc2c(C)c(Cl)ccc2s1. The Morgan fingerprint density at radius 3 is 2.65 bits per heavy atom. The van der Waals surface area contributed by atoms with Crippen molar-refractivity contribution in [2.45, 2.75) is 25.3 Å². The van der Waals surface area contributed by atoms with Crippen molar-refractivity contribution in [3.8, 4) is 0 Å². The van der Waals surface area contributed by atoms with Gasteiger partial charge < -0.3 is 4.42 Å². The average Bonchev–Trinajstić information content (AvgIpc) is 3.44. The first kappa shape index (κ1) is 21.5. The second kappa shape index (κ2) is 8.45. The van der Waals surface area contributed by atoms with Crippen LogP contribution in [0, 0.1) is 6.92 Å². The van der Waals surface area contributed by atoms with Crippen LogP contribution in [0.4, 0.5) is 5.13 Å². The van der Waals surface area contributed by atoms with Crippen molar-refractivity contribution in [2.24, 2.45) is 0 Å². The van der Waals surface area contributed by atoms with Crippen LogP contribution in [0.5, 0.6) is 0 Å². The van der Waals surface area contributed by atoms with Crippen LogP contribution < -0.4 is 4.90 Å². The largest absolute Gasteiger partial charge is 0.467 e. The molecule has 0 N–H and O–H groups in total. The molecule has 0 radical (unpaired) electrons. The Bertz CT molecular complexity index is 1360. The molecule has 9 heteroatoms. The number of anilines is 1. The minimum Gasteiger partial charge on any atom is -0.467 e. The number of halogens is 1. The predicted molar refractivity (Wildman–Crippen MR) is 123 cm³/mol. The molecule has 0 aliphatic carbocycles. The first-order valence-corrected chi connectivity index (χ1v) is 12.4. The highest BCUT2D eigenvalue weighted by atomic mass is 35.5. The third kappa shape index (κ3) is 4.11. The molecule has 0 spiro atoms. The number of furan rings is 1. The number of thiazole rings is 1. The van der Waals surface area contributed by atoms with Crippen LogP contribution in [-0.4, -0.2) is 25.1 Å². The van der Waals surface area contributed by atoms with Crippen LogP contribution in [0.25, 0.3) is 10.2 Å². The highest BCUT2D eigenvalue weighted by Gasteiger charge is 2.28. The van der Waals surface area contributed by atoms with E-state index >= 15 is 0 Å². The van der Waals surface area contributed by atoms with E-state index in [2.05, 4.69) is 4.98 Å². The van der Waals surface area contributed by atoms with E-state index < -0.39 is 15.7 Å². The molecule has 2 aromatic heterocycles. The van der Waals surface area contributed by atoms with Crippen LogP contribution in [-0.2, 0) is 16.4 Å². The van der Waals surface area contributed by atoms with Crippen molar-refractivity contribution in [1.82, 2.24) is 4.98 Å². The number of hydrogen-bond donors (Lipinski definition) is 0. The summed E-state index contributed by atoms with van der Waals surface area (Å²) < 4.78 is 31.5. The van der Waals surface area contributed by atoms with Crippen molar-refractivity contribution in [3.05, 3.63) is 76.7 Å². The second-order valence-corrected chi connectivity index (χ2v) is 10.5. The Morgan fingerprint density at radius 2 is 1.94 bits per heavy atom. The average molecular weight is 475 g/mol. The van der Waals surface area contributed by atoms with Crippen LogP contribution in [0.15, 0.2) is 64.1 Å². The lowest BCUT2D eigenvalue weighted by molar-refractivity contribution is 0.0980. The lowest BCUT2D eigenvalue weighted by Gasteiger charge is -2.20. The highest BCUT2D eigenvalue weighted by Crippen LogP contribution is 2.35. The number of nitrogens with zero attached hydrogens (tertiary/aromatic N) is 2. The fraction of sp³-hybridized carbons (Fsp3) is 0.182. The number of benzene rings is 2. The third-order valence-corrected chi connectivity index (χ3v) is 8.18. The summed E-state index contributed by atoms with van der Waals surface area (Å²) in [4.78, 5) is 19.8. The molecule has 0 fully saturated rings. The maximum Gasteiger partial charge on any atom is 0.261 e. The summed E-state index contributed by atoms with van der Waals surface area (Å²) in [5.41, 5.74) is 1.63. The Hall–Kier alpha value is -2.68. The van der Waals surface area contributed by atoms with E-state index in [4.69, 9.17) is 16.0 Å². The summed E-state index contributed by atoms with van der Waals surface area (Å²) in [5, 5.41) is 1.03. The van der Waals surface area contributed by atoms with E-state index in [1.807, 2.05) is 13.0 Å². The first-order valence-electron chi connectivity index (χ1n) is 9.53. The Kier molecular flexibility index (Phi) is 5.88. The molecule has 160 valence electrons. The summed E-state index contributed by atoms with van der Waals surface area (Å²) in [6, 6.07) is 13.4. The smallest absolute Gasteiger partial charge is 0.261 e. The third-order valence-electron chi connectivity index (χ3n) is 4.94. The monoisotopic (exact) mass is 474 g/mol. The summed E-state index contributed by atoms with van der Waals surface area (Å²) in [6.45, 7) is 3.53. The number of rotatable bonds is 6. The van der Waals surface area contributed by atoms with Gasteiger partial charge >= 0.3 is 0 Å². The van der Waals surface area contributed by atoms with Gasteiger partial charge in [-0.1, -0.05) is 42.0 Å². The lowest BCUT2D eigenvalue weighted by Crippen LogP contribution is -2.31. The highest BCUT2D eigenvalue weighted by molar-refractivity contribution is 7.91. The topological polar surface area (TPSA) is 80.5 Å². The van der Waals surface area contributed by atoms with Gasteiger partial charge in [-0.15, -0.1) is 0 Å². The molecule has 1 amide bonds. The van der Waals surface area contributed by atoms with Crippen LogP contribution in [0.2, 0.25) is 5.02 Å². The standard InChI is InChI=1S/C22H19ClN2O4S2/c1-3-31(27,28)19-9-5-4-8-16(19)21(26)25(13-15-7-6-12-29-15)22-24-20-14(2)17(23)10-11-18(20)30-22/h4-12H,3,13H2,1-2H3. The summed E-state index contributed by atoms with van der Waals surface area (Å²) in [7, 11) is -3.59. The lowest BCUT2D eigenvalue weighted by atomic mass is 10.2. The maximum absolute atomic E-state index is 13.6. The minimum atomic E-state index is -3.59. The van der Waals surface area contributed by atoms with Gasteiger partial charge in [0.25, 0.3) is 5.91 Å². The molecule has 0 aliphatic rings. The van der Waals surface area contributed by atoms with Gasteiger partial charge in [0.1, 0.15) is 5.76 Å². The number of carbonyl (C=O) groups excluding carboxylic acids is 1. The van der Waals surface area contributed by atoms with Crippen molar-refractivity contribution in [1.29, 1.82) is 0 Å². The molecule has 31 heavy (non-hydrogen) atoms. The van der Waals surface area contributed by atoms with Gasteiger partial charge in [-0.25, -0.2) is 13.4 Å². The molecule has 0 unspecified atom stereocenters. The predicted octanol–water partition coefficient (Wildman–Crippen LogP) is 5.49. The van der Waals surface area contributed by atoms with Gasteiger partial charge in [-0.2, -0.15) is 0 Å². The van der Waals surface area contributed by atoms with Crippen molar-refractivity contribution >= 4 is 54.0 Å². The minimum absolute atomic E-state index is 0.00674. The zero-order valence-corrected chi connectivity index (χ0v) is 19.2. The van der Waals surface area contributed by atoms with E-state index in [1.54, 1.807) is 37.3 Å². The molecule has 0 atom stereocenters. The number of hydrogen-bond acceptors (Lipinski definition) is 6. The maximum atomic E-state index is 13.6.